The van der Waals surface area contributed by atoms with E-state index >= 15 is 0 Å². The van der Waals surface area contributed by atoms with Crippen molar-refractivity contribution in [2.45, 2.75) is 4.90 Å². The minimum atomic E-state index is -2.13. The molecule has 0 aliphatic carbocycles. The van der Waals surface area contributed by atoms with Crippen molar-refractivity contribution < 1.29 is 22.0 Å². The zero-order chi connectivity index (χ0) is 10.9. The Hall–Kier alpha value is -0.430. The van der Waals surface area contributed by atoms with Gasteiger partial charge in [-0.25, -0.2) is 22.0 Å². The van der Waals surface area contributed by atoms with E-state index in [1.807, 2.05) is 0 Å². The predicted octanol–water partition coefficient (Wildman–Crippen LogP) is 3.75. The number of hydrogen-bond donors (Lipinski definition) is 0. The van der Waals surface area contributed by atoms with Gasteiger partial charge in [0.1, 0.15) is 0 Å². The van der Waals surface area contributed by atoms with E-state index in [4.69, 9.17) is 0 Å². The minimum absolute atomic E-state index is 0.486. The molecule has 1 aromatic carbocycles. The van der Waals surface area contributed by atoms with E-state index < -0.39 is 34.0 Å². The summed E-state index contributed by atoms with van der Waals surface area (Å²) in [6, 6.07) is 0. The maximum atomic E-state index is 12.8. The standard InChI is InChI=1S/C7H3F5S2/c1-13-14-7-5(11)3(9)2(8)4(10)6(7)12/h1H3. The number of hydrogen-bond acceptors (Lipinski definition) is 2. The Morgan fingerprint density at radius 3 is 1.43 bits per heavy atom. The highest BCUT2D eigenvalue weighted by atomic mass is 33.1. The van der Waals surface area contributed by atoms with Crippen LogP contribution in [0.15, 0.2) is 4.90 Å². The lowest BCUT2D eigenvalue weighted by atomic mass is 10.3. The quantitative estimate of drug-likeness (QED) is 0.337. The van der Waals surface area contributed by atoms with Crippen LogP contribution in [-0.4, -0.2) is 6.26 Å². The third-order valence-corrected chi connectivity index (χ3v) is 3.03. The third-order valence-electron chi connectivity index (χ3n) is 1.34. The van der Waals surface area contributed by atoms with Gasteiger partial charge in [-0.15, -0.1) is 0 Å². The number of rotatable bonds is 2. The van der Waals surface area contributed by atoms with Gasteiger partial charge in [0.15, 0.2) is 23.3 Å². The molecular weight excluding hydrogens is 243 g/mol. The van der Waals surface area contributed by atoms with E-state index in [-0.39, 0.29) is 0 Å². The molecule has 1 aromatic rings. The lowest BCUT2D eigenvalue weighted by Crippen LogP contribution is -2.02. The second kappa shape index (κ2) is 4.39. The topological polar surface area (TPSA) is 0 Å². The molecule has 78 valence electrons. The van der Waals surface area contributed by atoms with Crippen LogP contribution in [-0.2, 0) is 0 Å². The molecule has 0 aromatic heterocycles. The third kappa shape index (κ3) is 1.83. The Labute approximate surface area is 84.3 Å². The molecule has 0 atom stereocenters. The van der Waals surface area contributed by atoms with Crippen molar-refractivity contribution in [1.29, 1.82) is 0 Å². The van der Waals surface area contributed by atoms with Gasteiger partial charge in [0.05, 0.1) is 4.90 Å². The Bertz CT molecular complexity index is 337. The first-order chi connectivity index (χ1) is 6.50. The van der Waals surface area contributed by atoms with Crippen LogP contribution in [0.1, 0.15) is 0 Å². The molecule has 0 saturated heterocycles. The first-order valence-electron chi connectivity index (χ1n) is 3.22. The molecule has 0 amide bonds. The molecule has 1 rings (SSSR count). The van der Waals surface area contributed by atoms with E-state index in [1.165, 1.54) is 6.26 Å². The summed E-state index contributed by atoms with van der Waals surface area (Å²) >= 11 is 0. The summed E-state index contributed by atoms with van der Waals surface area (Å²) in [5, 5.41) is 0. The highest BCUT2D eigenvalue weighted by Gasteiger charge is 2.25. The van der Waals surface area contributed by atoms with Gasteiger partial charge in [0, 0.05) is 0 Å². The molecule has 0 bridgehead atoms. The predicted molar refractivity (Wildman–Crippen MR) is 45.6 cm³/mol. The molecular formula is C7H3F5S2. The van der Waals surface area contributed by atoms with Crippen molar-refractivity contribution in [3.05, 3.63) is 29.1 Å². The summed E-state index contributed by atoms with van der Waals surface area (Å²) in [5.74, 6) is -9.55. The molecule has 0 aliphatic heterocycles. The molecule has 7 heteroatoms. The van der Waals surface area contributed by atoms with Crippen molar-refractivity contribution in [3.8, 4) is 0 Å². The van der Waals surface area contributed by atoms with Crippen molar-refractivity contribution in [1.82, 2.24) is 0 Å². The van der Waals surface area contributed by atoms with E-state index in [0.717, 1.165) is 10.8 Å². The maximum absolute atomic E-state index is 12.8. The first kappa shape index (κ1) is 11.6. The molecule has 0 fully saturated rings. The molecule has 0 aliphatic rings. The molecule has 0 saturated carbocycles. The Kier molecular flexibility index (Phi) is 3.65. The Balaban J connectivity index is 3.43. The zero-order valence-corrected chi connectivity index (χ0v) is 8.34. The van der Waals surface area contributed by atoms with Crippen LogP contribution >= 0.6 is 21.6 Å². The Morgan fingerprint density at radius 2 is 1.07 bits per heavy atom. The number of halogens is 5. The summed E-state index contributed by atoms with van der Waals surface area (Å²) < 4.78 is 63.2. The van der Waals surface area contributed by atoms with Crippen molar-refractivity contribution in [3.63, 3.8) is 0 Å². The fourth-order valence-corrected chi connectivity index (χ4v) is 2.17. The molecule has 0 nitrogen and oxygen atoms in total. The fourth-order valence-electron chi connectivity index (χ4n) is 0.741. The smallest absolute Gasteiger partial charge is 0.200 e. The molecule has 0 unspecified atom stereocenters. The second-order valence-electron chi connectivity index (χ2n) is 2.15. The molecule has 14 heavy (non-hydrogen) atoms. The SMILES string of the molecule is CSSc1c(F)c(F)c(F)c(F)c1F. The highest BCUT2D eigenvalue weighted by Crippen LogP contribution is 2.36. The molecule has 0 spiro atoms. The lowest BCUT2D eigenvalue weighted by molar-refractivity contribution is 0.361. The molecule has 0 N–H and O–H groups in total. The van der Waals surface area contributed by atoms with Gasteiger partial charge in [0.2, 0.25) is 5.82 Å². The van der Waals surface area contributed by atoms with Gasteiger partial charge >= 0.3 is 0 Å². The zero-order valence-electron chi connectivity index (χ0n) is 6.71. The van der Waals surface area contributed by atoms with E-state index in [2.05, 4.69) is 0 Å². The fraction of sp³-hybridized carbons (Fsp3) is 0.143. The minimum Gasteiger partial charge on any atom is -0.202 e. The summed E-state index contributed by atoms with van der Waals surface area (Å²) in [6.45, 7) is 0. The van der Waals surface area contributed by atoms with Crippen LogP contribution in [0.25, 0.3) is 0 Å². The largest absolute Gasteiger partial charge is 0.202 e. The van der Waals surface area contributed by atoms with E-state index in [0.29, 0.717) is 10.8 Å². The summed E-state index contributed by atoms with van der Waals surface area (Å²) in [5.41, 5.74) is 0. The summed E-state index contributed by atoms with van der Waals surface area (Å²) in [4.78, 5) is -0.867. The van der Waals surface area contributed by atoms with E-state index in [9.17, 15) is 22.0 Å². The van der Waals surface area contributed by atoms with Crippen LogP contribution in [0.2, 0.25) is 0 Å². The first-order valence-corrected chi connectivity index (χ1v) is 5.78. The van der Waals surface area contributed by atoms with Gasteiger partial charge in [0.25, 0.3) is 0 Å². The maximum Gasteiger partial charge on any atom is 0.200 e. The highest BCUT2D eigenvalue weighted by molar-refractivity contribution is 8.76. The van der Waals surface area contributed by atoms with Crippen LogP contribution in [0, 0.1) is 29.1 Å². The van der Waals surface area contributed by atoms with Gasteiger partial charge in [-0.3, -0.25) is 0 Å². The van der Waals surface area contributed by atoms with Gasteiger partial charge < -0.3 is 0 Å². The second-order valence-corrected chi connectivity index (χ2v) is 4.56. The van der Waals surface area contributed by atoms with Crippen molar-refractivity contribution in [2.75, 3.05) is 6.26 Å². The molecule has 0 heterocycles. The molecule has 0 radical (unpaired) electrons. The van der Waals surface area contributed by atoms with Crippen LogP contribution in [0.4, 0.5) is 22.0 Å². The lowest BCUT2D eigenvalue weighted by Gasteiger charge is -2.05. The van der Waals surface area contributed by atoms with Crippen LogP contribution in [0.5, 0.6) is 0 Å². The normalized spacial score (nSPS) is 10.7. The average molecular weight is 246 g/mol. The van der Waals surface area contributed by atoms with Crippen molar-refractivity contribution in [2.24, 2.45) is 0 Å². The van der Waals surface area contributed by atoms with Gasteiger partial charge in [-0.1, -0.05) is 21.6 Å². The average Bonchev–Trinajstić information content (AvgIpc) is 2.19. The van der Waals surface area contributed by atoms with Crippen molar-refractivity contribution >= 4 is 21.6 Å². The van der Waals surface area contributed by atoms with Gasteiger partial charge in [-0.05, 0) is 6.26 Å². The number of benzene rings is 1. The summed E-state index contributed by atoms with van der Waals surface area (Å²) in [6.07, 6.45) is 1.46. The van der Waals surface area contributed by atoms with Crippen LogP contribution < -0.4 is 0 Å². The Morgan fingerprint density at radius 1 is 0.714 bits per heavy atom. The van der Waals surface area contributed by atoms with Gasteiger partial charge in [-0.2, -0.15) is 0 Å². The monoisotopic (exact) mass is 246 g/mol. The van der Waals surface area contributed by atoms with Crippen LogP contribution in [0.3, 0.4) is 0 Å². The van der Waals surface area contributed by atoms with E-state index in [1.54, 1.807) is 0 Å². The summed E-state index contributed by atoms with van der Waals surface area (Å²) in [7, 11) is 1.37.